The highest BCUT2D eigenvalue weighted by Crippen LogP contribution is 2.34. The van der Waals surface area contributed by atoms with Crippen LogP contribution in [0.4, 0.5) is 5.69 Å². The fourth-order valence-corrected chi connectivity index (χ4v) is 6.04. The number of para-hydroxylation sites is 1. The van der Waals surface area contributed by atoms with Crippen LogP contribution >= 0.6 is 0 Å². The zero-order valence-corrected chi connectivity index (χ0v) is 21.8. The zero-order chi connectivity index (χ0) is 27.0. The molecule has 1 aliphatic heterocycles. The SMILES string of the molecule is O=c1c(C2=NS(=O)(=O)c3cc(OCc4ccccc4)ccc3N2)c(O)c2ccccc2n1N=C1CCCCC1. The van der Waals surface area contributed by atoms with Crippen LogP contribution in [0.25, 0.3) is 10.9 Å². The van der Waals surface area contributed by atoms with Crippen LogP contribution in [0.2, 0.25) is 0 Å². The van der Waals surface area contributed by atoms with Gasteiger partial charge in [-0.15, -0.1) is 4.40 Å². The second-order valence-corrected chi connectivity index (χ2v) is 11.1. The van der Waals surface area contributed by atoms with Crippen molar-refractivity contribution in [3.63, 3.8) is 0 Å². The van der Waals surface area contributed by atoms with Crippen molar-refractivity contribution in [3.8, 4) is 11.5 Å². The van der Waals surface area contributed by atoms with Crippen molar-refractivity contribution in [3.05, 3.63) is 94.3 Å². The molecule has 1 fully saturated rings. The second kappa shape index (κ2) is 10.0. The fourth-order valence-electron chi connectivity index (χ4n) is 4.90. The van der Waals surface area contributed by atoms with E-state index in [2.05, 4.69) is 14.8 Å². The third-order valence-electron chi connectivity index (χ3n) is 6.88. The fraction of sp³-hybridized carbons (Fsp3) is 0.207. The maximum atomic E-state index is 13.7. The summed E-state index contributed by atoms with van der Waals surface area (Å²) in [7, 11) is -4.22. The highest BCUT2D eigenvalue weighted by atomic mass is 32.2. The Morgan fingerprint density at radius 2 is 1.72 bits per heavy atom. The molecule has 3 aromatic carbocycles. The Morgan fingerprint density at radius 1 is 0.974 bits per heavy atom. The van der Waals surface area contributed by atoms with Crippen LogP contribution in [0.3, 0.4) is 0 Å². The molecule has 6 rings (SSSR count). The highest BCUT2D eigenvalue weighted by molar-refractivity contribution is 7.90. The van der Waals surface area contributed by atoms with E-state index in [0.29, 0.717) is 16.7 Å². The number of anilines is 1. The first-order chi connectivity index (χ1) is 18.9. The van der Waals surface area contributed by atoms with Crippen molar-refractivity contribution >= 4 is 38.2 Å². The molecule has 10 heteroatoms. The number of nitrogens with zero attached hydrogens (tertiary/aromatic N) is 3. The van der Waals surface area contributed by atoms with Crippen LogP contribution in [0.15, 0.2) is 92.0 Å². The number of rotatable bonds is 5. The summed E-state index contributed by atoms with van der Waals surface area (Å²) in [5, 5.41) is 19.1. The molecule has 0 spiro atoms. The van der Waals surface area contributed by atoms with Crippen molar-refractivity contribution in [2.24, 2.45) is 9.50 Å². The molecule has 0 bridgehead atoms. The smallest absolute Gasteiger partial charge is 0.286 e. The molecule has 2 aliphatic rings. The Bertz CT molecular complexity index is 1800. The average molecular weight is 543 g/mol. The molecule has 1 aromatic heterocycles. The summed E-state index contributed by atoms with van der Waals surface area (Å²) in [6, 6.07) is 21.0. The lowest BCUT2D eigenvalue weighted by Gasteiger charge is -2.21. The minimum Gasteiger partial charge on any atom is -0.506 e. The molecule has 9 nitrogen and oxygen atoms in total. The Labute approximate surface area is 225 Å². The van der Waals surface area contributed by atoms with Gasteiger partial charge in [0.2, 0.25) is 0 Å². The topological polar surface area (TPSA) is 122 Å². The largest absolute Gasteiger partial charge is 0.506 e. The van der Waals surface area contributed by atoms with Gasteiger partial charge in [-0.1, -0.05) is 48.9 Å². The molecule has 1 aliphatic carbocycles. The number of aromatic hydroxyl groups is 1. The first-order valence-corrected chi connectivity index (χ1v) is 14.2. The van der Waals surface area contributed by atoms with E-state index in [4.69, 9.17) is 4.74 Å². The molecule has 4 aromatic rings. The number of sulfonamides is 1. The first kappa shape index (κ1) is 24.9. The lowest BCUT2D eigenvalue weighted by Crippen LogP contribution is -2.32. The van der Waals surface area contributed by atoms with Gasteiger partial charge >= 0.3 is 0 Å². The van der Waals surface area contributed by atoms with E-state index in [0.717, 1.165) is 43.4 Å². The Kier molecular flexibility index (Phi) is 6.40. The summed E-state index contributed by atoms with van der Waals surface area (Å²) < 4.78 is 37.5. The maximum Gasteiger partial charge on any atom is 0.286 e. The van der Waals surface area contributed by atoms with Crippen LogP contribution in [0, 0.1) is 0 Å². The monoisotopic (exact) mass is 542 g/mol. The molecule has 2 N–H and O–H groups in total. The number of aromatic nitrogens is 1. The number of hydrogen-bond acceptors (Lipinski definition) is 7. The van der Waals surface area contributed by atoms with E-state index in [9.17, 15) is 18.3 Å². The van der Waals surface area contributed by atoms with E-state index >= 15 is 0 Å². The minimum atomic E-state index is -4.22. The summed E-state index contributed by atoms with van der Waals surface area (Å²) in [4.78, 5) is 13.7. The van der Waals surface area contributed by atoms with Gasteiger partial charge in [0.15, 0.2) is 5.84 Å². The average Bonchev–Trinajstić information content (AvgIpc) is 2.95. The minimum absolute atomic E-state index is 0.0835. The van der Waals surface area contributed by atoms with Gasteiger partial charge in [0.05, 0.1) is 11.2 Å². The number of amidine groups is 1. The second-order valence-electron chi connectivity index (χ2n) is 9.56. The van der Waals surface area contributed by atoms with Crippen LogP contribution in [0.5, 0.6) is 11.5 Å². The first-order valence-electron chi connectivity index (χ1n) is 12.8. The third kappa shape index (κ3) is 4.79. The van der Waals surface area contributed by atoms with Crippen LogP contribution in [0.1, 0.15) is 43.2 Å². The third-order valence-corrected chi connectivity index (χ3v) is 8.20. The summed E-state index contributed by atoms with van der Waals surface area (Å²) in [6.45, 7) is 0.272. The van der Waals surface area contributed by atoms with Crippen LogP contribution in [-0.4, -0.2) is 29.7 Å². The van der Waals surface area contributed by atoms with Gasteiger partial charge in [-0.25, -0.2) is 0 Å². The summed E-state index contributed by atoms with van der Waals surface area (Å²) in [5.41, 5.74) is 1.58. The molecular weight excluding hydrogens is 516 g/mol. The normalized spacial score (nSPS) is 16.2. The molecule has 0 radical (unpaired) electrons. The van der Waals surface area contributed by atoms with Gasteiger partial charge < -0.3 is 15.2 Å². The molecular formula is C29H26N4O5S. The van der Waals surface area contributed by atoms with Crippen LogP contribution in [-0.2, 0) is 16.6 Å². The Hall–Kier alpha value is -4.44. The van der Waals surface area contributed by atoms with Gasteiger partial charge in [0.25, 0.3) is 15.6 Å². The maximum absolute atomic E-state index is 13.7. The Morgan fingerprint density at radius 3 is 2.51 bits per heavy atom. The molecule has 2 heterocycles. The van der Waals surface area contributed by atoms with Crippen molar-refractivity contribution in [1.29, 1.82) is 0 Å². The Balaban J connectivity index is 1.41. The van der Waals surface area contributed by atoms with E-state index in [1.807, 2.05) is 30.3 Å². The van der Waals surface area contributed by atoms with Crippen molar-refractivity contribution in [1.82, 2.24) is 4.68 Å². The van der Waals surface area contributed by atoms with Gasteiger partial charge in [0, 0.05) is 17.2 Å². The van der Waals surface area contributed by atoms with E-state index < -0.39 is 15.6 Å². The van der Waals surface area contributed by atoms with E-state index in [1.165, 1.54) is 10.7 Å². The standard InChI is InChI=1S/C29H26N4O5S/c34-27-22-13-7-8-14-24(22)33(31-20-11-5-2-6-12-20)29(35)26(27)28-30-23-16-15-21(17-25(23)39(36,37)32-28)38-18-19-9-3-1-4-10-19/h1,3-4,7-10,13-17,34H,2,5-6,11-12,18H2,(H,30,32). The van der Waals surface area contributed by atoms with Crippen molar-refractivity contribution in [2.75, 3.05) is 5.32 Å². The predicted molar refractivity (Wildman–Crippen MR) is 150 cm³/mol. The van der Waals surface area contributed by atoms with Crippen molar-refractivity contribution in [2.45, 2.75) is 43.6 Å². The van der Waals surface area contributed by atoms with Crippen LogP contribution < -0.4 is 15.6 Å². The summed E-state index contributed by atoms with van der Waals surface area (Å²) >= 11 is 0. The van der Waals surface area contributed by atoms with Gasteiger partial charge in [-0.2, -0.15) is 18.2 Å². The number of nitrogens with one attached hydrogen (secondary N) is 1. The number of fused-ring (bicyclic) bond motifs is 2. The predicted octanol–water partition coefficient (Wildman–Crippen LogP) is 5.02. The zero-order valence-electron chi connectivity index (χ0n) is 21.0. The molecule has 39 heavy (non-hydrogen) atoms. The molecule has 0 amide bonds. The van der Waals surface area contributed by atoms with Gasteiger partial charge in [-0.3, -0.25) is 4.79 Å². The summed E-state index contributed by atoms with van der Waals surface area (Å²) in [5.74, 6) is -0.254. The van der Waals surface area contributed by atoms with Gasteiger partial charge in [0.1, 0.15) is 28.6 Å². The molecule has 198 valence electrons. The number of ether oxygens (including phenoxy) is 1. The number of hydrogen-bond donors (Lipinski definition) is 2. The quantitative estimate of drug-likeness (QED) is 0.365. The molecule has 1 saturated carbocycles. The highest BCUT2D eigenvalue weighted by Gasteiger charge is 2.30. The van der Waals surface area contributed by atoms with E-state index in [-0.39, 0.29) is 34.3 Å². The molecule has 0 saturated heterocycles. The van der Waals surface area contributed by atoms with E-state index in [1.54, 1.807) is 36.4 Å². The van der Waals surface area contributed by atoms with Gasteiger partial charge in [-0.05, 0) is 55.5 Å². The molecule has 0 unspecified atom stereocenters. The summed E-state index contributed by atoms with van der Waals surface area (Å²) in [6.07, 6.45) is 4.68. The number of pyridine rings is 1. The lowest BCUT2D eigenvalue weighted by atomic mass is 9.99. The molecule has 0 atom stereocenters. The lowest BCUT2D eigenvalue weighted by molar-refractivity contribution is 0.305. The van der Waals surface area contributed by atoms with Crippen molar-refractivity contribution < 1.29 is 18.3 Å². The number of benzene rings is 3.